The molecule has 0 aliphatic carbocycles. The number of rotatable bonds is 15. The molecule has 484 valence electrons. The van der Waals surface area contributed by atoms with Gasteiger partial charge in [-0.05, 0) is 36.4 Å². The first-order chi connectivity index (χ1) is 44.2. The average molecular weight is 1400 g/mol. The molecule has 0 fully saturated rings. The Hall–Kier alpha value is -9.81. The molecule has 93 heavy (non-hydrogen) atoms. The SMILES string of the molecule is CCC.CN(C)c1nc(-c2cc(-c3ccon3)n(Cc3ccccc3F)n2)ncc1S(=O)(=O)O.O=S(=O)(Cl)c1cnc(-c2cc(-c3ccon3)n(Cc3ccccc3F)n2)nc1Cl.O=S(=O)(O)Cl.O=c1ccnc(-c2cc(-c3ccon3)n(Cc3ccccc3F)n2)[nH]1. The largest absolute Gasteiger partial charge is 0.364 e. The fraction of sp³-hybridized carbons (Fsp3) is 0.143. The van der Waals surface area contributed by atoms with Gasteiger partial charge in [-0.15, -0.1) is 0 Å². The summed E-state index contributed by atoms with van der Waals surface area (Å²) in [6.07, 6.45) is 8.90. The van der Waals surface area contributed by atoms with Crippen LogP contribution in [0.2, 0.25) is 5.15 Å². The highest BCUT2D eigenvalue weighted by Crippen LogP contribution is 2.31. The Morgan fingerprint density at radius 1 is 0.548 bits per heavy atom. The number of nitrogens with zero attached hydrogens (tertiary/aromatic N) is 15. The van der Waals surface area contributed by atoms with E-state index in [-0.39, 0.29) is 71.0 Å². The van der Waals surface area contributed by atoms with Crippen LogP contribution < -0.4 is 10.5 Å². The topological polar surface area (TPSA) is 375 Å². The minimum Gasteiger partial charge on any atom is -0.364 e. The monoisotopic (exact) mass is 1390 g/mol. The van der Waals surface area contributed by atoms with Crippen molar-refractivity contribution in [2.24, 2.45) is 0 Å². The molecule has 3 aromatic carbocycles. The molecular formula is C56H48Cl3F3N16O12S3. The third-order valence-electron chi connectivity index (χ3n) is 12.1. The van der Waals surface area contributed by atoms with E-state index in [2.05, 4.69) is 85.2 Å². The smallest absolute Gasteiger partial charge is 0.353 e. The molecule has 12 rings (SSSR count). The molecule has 9 heterocycles. The van der Waals surface area contributed by atoms with Crippen molar-refractivity contribution in [3.05, 3.63) is 202 Å². The lowest BCUT2D eigenvalue weighted by Crippen LogP contribution is -2.16. The first kappa shape index (κ1) is 69.1. The van der Waals surface area contributed by atoms with Gasteiger partial charge in [0.2, 0.25) is 0 Å². The second-order valence-corrected chi connectivity index (χ2v) is 25.4. The minimum absolute atomic E-state index is 0.000796. The average Bonchev–Trinajstić information content (AvgIpc) is 1.72. The number of H-pyrrole nitrogens is 1. The first-order valence-corrected chi connectivity index (χ1v) is 33.0. The second kappa shape index (κ2) is 30.5. The Labute approximate surface area is 539 Å². The van der Waals surface area contributed by atoms with Crippen LogP contribution in [-0.2, 0) is 48.1 Å². The Kier molecular flexibility index (Phi) is 22.7. The number of aromatic nitrogens is 15. The second-order valence-electron chi connectivity index (χ2n) is 19.1. The van der Waals surface area contributed by atoms with E-state index in [9.17, 15) is 39.4 Å². The minimum atomic E-state index is -4.52. The van der Waals surface area contributed by atoms with Crippen LogP contribution in [0.1, 0.15) is 37.0 Å². The van der Waals surface area contributed by atoms with Gasteiger partial charge in [-0.2, -0.15) is 32.1 Å². The zero-order valence-electron chi connectivity index (χ0n) is 48.4. The van der Waals surface area contributed by atoms with Crippen molar-refractivity contribution in [3.63, 3.8) is 0 Å². The van der Waals surface area contributed by atoms with Crippen molar-refractivity contribution in [3.8, 4) is 68.7 Å². The van der Waals surface area contributed by atoms with Crippen LogP contribution in [0.3, 0.4) is 0 Å². The van der Waals surface area contributed by atoms with Gasteiger partial charge in [0, 0.05) is 82.6 Å². The van der Waals surface area contributed by atoms with Crippen LogP contribution in [-0.4, -0.2) is 123 Å². The van der Waals surface area contributed by atoms with E-state index in [4.69, 9.17) is 48.8 Å². The van der Waals surface area contributed by atoms with Gasteiger partial charge < -0.3 is 23.5 Å². The van der Waals surface area contributed by atoms with E-state index in [1.165, 1.54) is 69.9 Å². The lowest BCUT2D eigenvalue weighted by Gasteiger charge is -2.14. The normalized spacial score (nSPS) is 11.3. The highest BCUT2D eigenvalue weighted by Gasteiger charge is 2.25. The number of nitrogens with one attached hydrogen (secondary N) is 1. The summed E-state index contributed by atoms with van der Waals surface area (Å²) in [5, 5.41) is 24.7. The number of aromatic amines is 1. The maximum Gasteiger partial charge on any atom is 0.353 e. The number of halogens is 6. The number of anilines is 1. The Bertz CT molecular complexity index is 4920. The molecule has 12 aromatic rings. The van der Waals surface area contributed by atoms with E-state index < -0.39 is 38.3 Å². The molecule has 37 heteroatoms. The van der Waals surface area contributed by atoms with Crippen LogP contribution in [0.15, 0.2) is 181 Å². The third kappa shape index (κ3) is 18.7. The van der Waals surface area contributed by atoms with Crippen LogP contribution in [0.4, 0.5) is 19.0 Å². The lowest BCUT2D eigenvalue weighted by molar-refractivity contribution is 0.421. The third-order valence-corrected chi connectivity index (χ3v) is 14.6. The predicted molar refractivity (Wildman–Crippen MR) is 331 cm³/mol. The van der Waals surface area contributed by atoms with Crippen LogP contribution in [0, 0.1) is 17.5 Å². The van der Waals surface area contributed by atoms with Gasteiger partial charge in [-0.3, -0.25) is 27.9 Å². The molecule has 0 unspecified atom stereocenters. The first-order valence-electron chi connectivity index (χ1n) is 26.6. The van der Waals surface area contributed by atoms with E-state index in [0.717, 1.165) is 12.4 Å². The molecule has 0 amide bonds. The molecule has 9 aromatic heterocycles. The molecule has 0 saturated carbocycles. The van der Waals surface area contributed by atoms with E-state index in [1.54, 1.807) is 110 Å². The standard InChI is InChI=1S/C19H17FN6O4S.C17H10Cl2FN5O3S.C17H12FN5O2.C3H8.ClHO3S/c1-25(2)19-17(31(27,28)29)10-21-18(22-19)15-9-16(14-7-8-30-24-14)26(23-15)11-12-5-3-4-6-13(12)20;18-16-15(29(19,26)27)8-21-17(22-16)13-7-14(12-5-6-28-24-12)25(23-13)9-10-3-1-2-4-11(10)20;18-12-4-2-1-3-11(12)10-23-15(13-6-8-25-22-13)9-14(21-23)17-19-7-5-16(24)20-17;1-3-2;1-5(2,3)4/h3-10H,11H2,1-2H3,(H,27,28,29);1-8H,9H2;1-9H,10H2,(H,19,20,24);3H2,1-2H3;(H,2,3,4). The maximum atomic E-state index is 14.2. The van der Waals surface area contributed by atoms with E-state index in [1.807, 2.05) is 0 Å². The summed E-state index contributed by atoms with van der Waals surface area (Å²) in [5.41, 5.74) is 5.22. The summed E-state index contributed by atoms with van der Waals surface area (Å²) in [6, 6.07) is 30.3. The van der Waals surface area contributed by atoms with Crippen molar-refractivity contribution in [2.45, 2.75) is 49.7 Å². The van der Waals surface area contributed by atoms with Gasteiger partial charge in [0.05, 0.1) is 49.1 Å². The highest BCUT2D eigenvalue weighted by molar-refractivity contribution is 8.13. The summed E-state index contributed by atoms with van der Waals surface area (Å²) in [4.78, 5) is 35.1. The van der Waals surface area contributed by atoms with Gasteiger partial charge >= 0.3 is 9.33 Å². The lowest BCUT2D eigenvalue weighted by atomic mass is 10.2. The van der Waals surface area contributed by atoms with Crippen LogP contribution in [0.5, 0.6) is 0 Å². The van der Waals surface area contributed by atoms with Gasteiger partial charge in [-0.25, -0.2) is 46.5 Å². The van der Waals surface area contributed by atoms with Gasteiger partial charge in [0.15, 0.2) is 33.3 Å². The molecule has 0 bridgehead atoms. The summed E-state index contributed by atoms with van der Waals surface area (Å²) in [6.45, 7) is 4.67. The molecule has 0 radical (unpaired) electrons. The molecule has 0 aliphatic rings. The quantitative estimate of drug-likeness (QED) is 0.0488. The molecule has 28 nitrogen and oxygen atoms in total. The highest BCUT2D eigenvalue weighted by atomic mass is 35.7. The van der Waals surface area contributed by atoms with Crippen LogP contribution in [0.25, 0.3) is 68.7 Å². The Morgan fingerprint density at radius 2 is 0.925 bits per heavy atom. The van der Waals surface area contributed by atoms with Crippen molar-refractivity contribution in [1.29, 1.82) is 0 Å². The van der Waals surface area contributed by atoms with Crippen molar-refractivity contribution in [1.82, 2.24) is 74.7 Å². The Morgan fingerprint density at radius 3 is 1.27 bits per heavy atom. The Balaban J connectivity index is 0.000000170. The summed E-state index contributed by atoms with van der Waals surface area (Å²) in [7, 11) is -0.283. The molecular weight excluding hydrogens is 1350 g/mol. The van der Waals surface area contributed by atoms with Crippen LogP contribution >= 0.6 is 33.0 Å². The number of hydrogen-bond acceptors (Lipinski definition) is 22. The number of benzene rings is 3. The zero-order valence-corrected chi connectivity index (χ0v) is 53.2. The molecule has 0 spiro atoms. The van der Waals surface area contributed by atoms with Crippen molar-refractivity contribution >= 4 is 67.3 Å². The van der Waals surface area contributed by atoms with Crippen molar-refractivity contribution < 1.29 is 61.1 Å². The molecule has 0 atom stereocenters. The van der Waals surface area contributed by atoms with Crippen molar-refractivity contribution in [2.75, 3.05) is 19.0 Å². The predicted octanol–water partition coefficient (Wildman–Crippen LogP) is 10.2. The fourth-order valence-corrected chi connectivity index (χ4v) is 10.0. The van der Waals surface area contributed by atoms with Gasteiger partial charge in [0.25, 0.3) is 24.7 Å². The van der Waals surface area contributed by atoms with E-state index >= 15 is 0 Å². The molecule has 0 saturated heterocycles. The molecule has 0 aliphatic heterocycles. The van der Waals surface area contributed by atoms with Gasteiger partial charge in [-0.1, -0.05) is 102 Å². The summed E-state index contributed by atoms with van der Waals surface area (Å²) in [5.74, 6) is -0.578. The summed E-state index contributed by atoms with van der Waals surface area (Å²) < 4.78 is 142. The summed E-state index contributed by atoms with van der Waals surface area (Å²) >= 11 is 5.93. The zero-order chi connectivity index (χ0) is 67.2. The fourth-order valence-electron chi connectivity index (χ4n) is 8.09. The van der Waals surface area contributed by atoms with E-state index in [0.29, 0.717) is 68.1 Å². The molecule has 3 N–H and O–H groups in total. The van der Waals surface area contributed by atoms with Gasteiger partial charge in [0.1, 0.15) is 75.3 Å². The maximum absolute atomic E-state index is 14.2. The number of hydrogen-bond donors (Lipinski definition) is 3.